The third kappa shape index (κ3) is 3.09. The van der Waals surface area contributed by atoms with E-state index < -0.39 is 0 Å². The van der Waals surface area contributed by atoms with E-state index in [2.05, 4.69) is 45.1 Å². The van der Waals surface area contributed by atoms with Crippen LogP contribution in [0.1, 0.15) is 39.7 Å². The number of benzene rings is 1. The van der Waals surface area contributed by atoms with Gasteiger partial charge < -0.3 is 14.8 Å². The second kappa shape index (κ2) is 5.28. The van der Waals surface area contributed by atoms with Gasteiger partial charge in [-0.1, -0.05) is 13.0 Å². The fourth-order valence-corrected chi connectivity index (χ4v) is 2.72. The van der Waals surface area contributed by atoms with Crippen molar-refractivity contribution in [3.63, 3.8) is 0 Å². The van der Waals surface area contributed by atoms with Crippen molar-refractivity contribution in [3.8, 4) is 11.5 Å². The summed E-state index contributed by atoms with van der Waals surface area (Å²) >= 11 is 0. The molecule has 2 unspecified atom stereocenters. The van der Waals surface area contributed by atoms with E-state index in [1.807, 2.05) is 6.07 Å². The minimum atomic E-state index is 0.182. The molecule has 1 fully saturated rings. The van der Waals surface area contributed by atoms with Gasteiger partial charge >= 0.3 is 0 Å². The number of nitrogens with one attached hydrogen (secondary N) is 1. The van der Waals surface area contributed by atoms with Crippen molar-refractivity contribution in [2.75, 3.05) is 20.8 Å². The van der Waals surface area contributed by atoms with Crippen molar-refractivity contribution in [3.05, 3.63) is 23.8 Å². The van der Waals surface area contributed by atoms with Crippen molar-refractivity contribution >= 4 is 0 Å². The van der Waals surface area contributed by atoms with Gasteiger partial charge in [0, 0.05) is 5.54 Å². The lowest BCUT2D eigenvalue weighted by atomic mass is 9.94. The van der Waals surface area contributed by atoms with Crippen molar-refractivity contribution in [2.24, 2.45) is 5.92 Å². The van der Waals surface area contributed by atoms with E-state index in [1.54, 1.807) is 14.2 Å². The summed E-state index contributed by atoms with van der Waals surface area (Å²) in [5.74, 6) is 2.31. The number of ether oxygens (including phenoxy) is 2. The van der Waals surface area contributed by atoms with Gasteiger partial charge in [0.2, 0.25) is 0 Å². The monoisotopic (exact) mass is 277 g/mol. The first-order valence-corrected chi connectivity index (χ1v) is 7.28. The van der Waals surface area contributed by atoms with Crippen molar-refractivity contribution < 1.29 is 9.47 Å². The van der Waals surface area contributed by atoms with E-state index in [-0.39, 0.29) is 11.0 Å². The molecule has 1 aliphatic carbocycles. The zero-order valence-corrected chi connectivity index (χ0v) is 13.5. The van der Waals surface area contributed by atoms with Gasteiger partial charge in [-0.15, -0.1) is 0 Å². The smallest absolute Gasteiger partial charge is 0.161 e. The van der Waals surface area contributed by atoms with Crippen LogP contribution in [0.25, 0.3) is 0 Å². The van der Waals surface area contributed by atoms with E-state index >= 15 is 0 Å². The molecule has 1 aliphatic rings. The molecule has 0 spiro atoms. The van der Waals surface area contributed by atoms with Gasteiger partial charge in [0.25, 0.3) is 0 Å². The van der Waals surface area contributed by atoms with E-state index in [4.69, 9.17) is 9.47 Å². The minimum Gasteiger partial charge on any atom is -0.493 e. The summed E-state index contributed by atoms with van der Waals surface area (Å²) in [6.07, 6.45) is 1.23. The highest BCUT2D eigenvalue weighted by molar-refractivity contribution is 5.47. The SMILES string of the molecule is COc1ccc(C2(C)CC2CNC(C)(C)C)cc1OC. The topological polar surface area (TPSA) is 30.5 Å². The van der Waals surface area contributed by atoms with Crippen LogP contribution in [0.4, 0.5) is 0 Å². The maximum Gasteiger partial charge on any atom is 0.161 e. The standard InChI is InChI=1S/C17H27NO2/c1-16(2,3)18-11-13-10-17(13,4)12-7-8-14(19-5)15(9-12)20-6/h7-9,13,18H,10-11H2,1-6H3. The molecule has 2 atom stereocenters. The first kappa shape index (κ1) is 15.2. The molecule has 0 aromatic heterocycles. The molecule has 112 valence electrons. The molecule has 1 N–H and O–H groups in total. The molecule has 2 rings (SSSR count). The van der Waals surface area contributed by atoms with Gasteiger partial charge in [-0.3, -0.25) is 0 Å². The summed E-state index contributed by atoms with van der Waals surface area (Å²) in [7, 11) is 3.36. The summed E-state index contributed by atoms with van der Waals surface area (Å²) in [4.78, 5) is 0. The lowest BCUT2D eigenvalue weighted by molar-refractivity contribution is 0.354. The molecule has 0 heterocycles. The van der Waals surface area contributed by atoms with E-state index in [1.165, 1.54) is 12.0 Å². The molecule has 1 aromatic rings. The van der Waals surface area contributed by atoms with Gasteiger partial charge in [0.15, 0.2) is 11.5 Å². The highest BCUT2D eigenvalue weighted by Gasteiger charge is 2.51. The number of hydrogen-bond donors (Lipinski definition) is 1. The second-order valence-corrected chi connectivity index (χ2v) is 7.02. The van der Waals surface area contributed by atoms with Crippen LogP contribution in [0, 0.1) is 5.92 Å². The first-order valence-electron chi connectivity index (χ1n) is 7.28. The highest BCUT2D eigenvalue weighted by Crippen LogP contribution is 2.54. The fourth-order valence-electron chi connectivity index (χ4n) is 2.72. The molecular weight excluding hydrogens is 250 g/mol. The van der Waals surface area contributed by atoms with Crippen LogP contribution in [0.2, 0.25) is 0 Å². The average molecular weight is 277 g/mol. The minimum absolute atomic E-state index is 0.182. The maximum absolute atomic E-state index is 5.41. The normalized spacial score (nSPS) is 25.4. The van der Waals surface area contributed by atoms with Gasteiger partial charge in [-0.25, -0.2) is 0 Å². The maximum atomic E-state index is 5.41. The molecule has 1 aromatic carbocycles. The van der Waals surface area contributed by atoms with Crippen molar-refractivity contribution in [1.29, 1.82) is 0 Å². The predicted octanol–water partition coefficient (Wildman–Crippen LogP) is 3.37. The Bertz CT molecular complexity index is 478. The lowest BCUT2D eigenvalue weighted by Crippen LogP contribution is -2.37. The Morgan fingerprint density at radius 2 is 1.85 bits per heavy atom. The summed E-state index contributed by atoms with van der Waals surface area (Å²) in [6.45, 7) is 10.0. The molecule has 0 saturated heterocycles. The summed E-state index contributed by atoms with van der Waals surface area (Å²) < 4.78 is 10.7. The van der Waals surface area contributed by atoms with Crippen LogP contribution in [0.3, 0.4) is 0 Å². The van der Waals surface area contributed by atoms with Crippen LogP contribution in [-0.2, 0) is 5.41 Å². The quantitative estimate of drug-likeness (QED) is 0.895. The van der Waals surface area contributed by atoms with Gasteiger partial charge in [-0.05, 0) is 62.8 Å². The molecule has 20 heavy (non-hydrogen) atoms. The molecule has 3 heteroatoms. The molecule has 0 radical (unpaired) electrons. The van der Waals surface area contributed by atoms with Crippen molar-refractivity contribution in [2.45, 2.75) is 45.1 Å². The largest absolute Gasteiger partial charge is 0.493 e. The van der Waals surface area contributed by atoms with Gasteiger partial charge in [0.1, 0.15) is 0 Å². The third-order valence-corrected chi connectivity index (χ3v) is 4.33. The zero-order chi connectivity index (χ0) is 15.0. The molecule has 1 saturated carbocycles. The van der Waals surface area contributed by atoms with Gasteiger partial charge in [0.05, 0.1) is 14.2 Å². The zero-order valence-electron chi connectivity index (χ0n) is 13.5. The Morgan fingerprint density at radius 1 is 1.20 bits per heavy atom. The first-order chi connectivity index (χ1) is 9.30. The summed E-state index contributed by atoms with van der Waals surface area (Å²) in [6, 6.07) is 6.29. The van der Waals surface area contributed by atoms with Crippen LogP contribution < -0.4 is 14.8 Å². The molecular formula is C17H27NO2. The Hall–Kier alpha value is -1.22. The predicted molar refractivity (Wildman–Crippen MR) is 82.8 cm³/mol. The molecule has 0 amide bonds. The number of methoxy groups -OCH3 is 2. The van der Waals surface area contributed by atoms with E-state index in [9.17, 15) is 0 Å². The Morgan fingerprint density at radius 3 is 2.40 bits per heavy atom. The Balaban J connectivity index is 2.09. The molecule has 0 aliphatic heterocycles. The second-order valence-electron chi connectivity index (χ2n) is 7.02. The van der Waals surface area contributed by atoms with Crippen LogP contribution >= 0.6 is 0 Å². The van der Waals surface area contributed by atoms with Crippen LogP contribution in [0.15, 0.2) is 18.2 Å². The Labute approximate surface area is 122 Å². The van der Waals surface area contributed by atoms with E-state index in [0.29, 0.717) is 5.92 Å². The fraction of sp³-hybridized carbons (Fsp3) is 0.647. The molecule has 0 bridgehead atoms. The number of hydrogen-bond acceptors (Lipinski definition) is 3. The highest BCUT2D eigenvalue weighted by atomic mass is 16.5. The van der Waals surface area contributed by atoms with E-state index in [0.717, 1.165) is 18.0 Å². The van der Waals surface area contributed by atoms with Crippen LogP contribution in [-0.4, -0.2) is 26.3 Å². The summed E-state index contributed by atoms with van der Waals surface area (Å²) in [5.41, 5.74) is 1.79. The van der Waals surface area contributed by atoms with Gasteiger partial charge in [-0.2, -0.15) is 0 Å². The lowest BCUT2D eigenvalue weighted by Gasteiger charge is -2.22. The number of rotatable bonds is 5. The third-order valence-electron chi connectivity index (χ3n) is 4.33. The van der Waals surface area contributed by atoms with Crippen molar-refractivity contribution in [1.82, 2.24) is 5.32 Å². The van der Waals surface area contributed by atoms with Crippen LogP contribution in [0.5, 0.6) is 11.5 Å². The summed E-state index contributed by atoms with van der Waals surface area (Å²) in [5, 5.41) is 3.60. The molecule has 3 nitrogen and oxygen atoms in total. The Kier molecular flexibility index (Phi) is 4.01. The average Bonchev–Trinajstić information content (AvgIpc) is 3.07.